The maximum Gasteiger partial charge on any atom is 0.198 e. The fourth-order valence-electron chi connectivity index (χ4n) is 5.31. The highest BCUT2D eigenvalue weighted by Crippen LogP contribution is 2.47. The molecule has 0 radical (unpaired) electrons. The first-order valence-corrected chi connectivity index (χ1v) is 12.5. The molecular weight excluding hydrogens is 372 g/mol. The summed E-state index contributed by atoms with van der Waals surface area (Å²) < 4.78 is 6.27. The molecule has 3 atom stereocenters. The van der Waals surface area contributed by atoms with E-state index in [-0.39, 0.29) is 17.2 Å². The maximum atomic E-state index is 12.7. The SMILES string of the molecule is CC1=C(C)C(=O)C2(CC[C@@](C)(CCC[C@H](C)CCC[C@H](C)CCCC(C)C)O2)C1=O. The van der Waals surface area contributed by atoms with Crippen molar-refractivity contribution >= 4 is 11.6 Å². The second-order valence-corrected chi connectivity index (χ2v) is 11.1. The molecule has 30 heavy (non-hydrogen) atoms. The number of hydrogen-bond donors (Lipinski definition) is 0. The third-order valence-electron chi connectivity index (χ3n) is 7.68. The molecule has 1 heterocycles. The minimum Gasteiger partial charge on any atom is -0.352 e. The zero-order chi connectivity index (χ0) is 22.5. The van der Waals surface area contributed by atoms with Gasteiger partial charge in [0.1, 0.15) is 0 Å². The molecule has 0 bridgehead atoms. The van der Waals surface area contributed by atoms with Crippen LogP contribution in [0, 0.1) is 17.8 Å². The van der Waals surface area contributed by atoms with E-state index in [4.69, 9.17) is 4.74 Å². The first-order valence-electron chi connectivity index (χ1n) is 12.5. The molecule has 2 aliphatic rings. The van der Waals surface area contributed by atoms with Gasteiger partial charge in [-0.2, -0.15) is 0 Å². The Hall–Kier alpha value is -0.960. The van der Waals surface area contributed by atoms with E-state index < -0.39 is 5.60 Å². The Bertz CT molecular complexity index is 620. The predicted octanol–water partition coefficient (Wildman–Crippen LogP) is 7.22. The average molecular weight is 419 g/mol. The highest BCUT2D eigenvalue weighted by Gasteiger charge is 2.59. The first kappa shape index (κ1) is 25.3. The molecule has 0 aromatic rings. The summed E-state index contributed by atoms with van der Waals surface area (Å²) >= 11 is 0. The minimum absolute atomic E-state index is 0.0930. The highest BCUT2D eigenvalue weighted by molar-refractivity contribution is 6.30. The van der Waals surface area contributed by atoms with Gasteiger partial charge in [0.05, 0.1) is 5.60 Å². The summed E-state index contributed by atoms with van der Waals surface area (Å²) in [5.41, 5.74) is -0.353. The van der Waals surface area contributed by atoms with Gasteiger partial charge in [0.2, 0.25) is 0 Å². The zero-order valence-electron chi connectivity index (χ0n) is 20.7. The largest absolute Gasteiger partial charge is 0.352 e. The molecule has 1 fully saturated rings. The van der Waals surface area contributed by atoms with E-state index in [0.29, 0.717) is 17.6 Å². The molecule has 1 spiro atoms. The quantitative estimate of drug-likeness (QED) is 0.314. The van der Waals surface area contributed by atoms with Crippen LogP contribution in [0.2, 0.25) is 0 Å². The van der Waals surface area contributed by atoms with E-state index in [1.807, 2.05) is 0 Å². The summed E-state index contributed by atoms with van der Waals surface area (Å²) in [6.07, 6.45) is 12.7. The number of carbonyl (C=O) groups is 2. The fourth-order valence-corrected chi connectivity index (χ4v) is 5.31. The zero-order valence-corrected chi connectivity index (χ0v) is 20.7. The Morgan fingerprint density at radius 3 is 1.73 bits per heavy atom. The second-order valence-electron chi connectivity index (χ2n) is 11.1. The average Bonchev–Trinajstić information content (AvgIpc) is 3.10. The number of carbonyl (C=O) groups excluding carboxylic acids is 2. The summed E-state index contributed by atoms with van der Waals surface area (Å²) in [4.78, 5) is 25.4. The third kappa shape index (κ3) is 6.05. The smallest absolute Gasteiger partial charge is 0.198 e. The van der Waals surface area contributed by atoms with Crippen molar-refractivity contribution in [3.63, 3.8) is 0 Å². The Balaban J connectivity index is 1.67. The molecule has 172 valence electrons. The van der Waals surface area contributed by atoms with Crippen LogP contribution in [-0.4, -0.2) is 22.8 Å². The highest BCUT2D eigenvalue weighted by atomic mass is 16.5. The monoisotopic (exact) mass is 418 g/mol. The van der Waals surface area contributed by atoms with Crippen LogP contribution in [0.4, 0.5) is 0 Å². The van der Waals surface area contributed by atoms with Crippen molar-refractivity contribution in [2.75, 3.05) is 0 Å². The van der Waals surface area contributed by atoms with Crippen LogP contribution in [0.15, 0.2) is 11.1 Å². The van der Waals surface area contributed by atoms with Crippen LogP contribution in [0.5, 0.6) is 0 Å². The van der Waals surface area contributed by atoms with Crippen molar-refractivity contribution in [1.29, 1.82) is 0 Å². The van der Waals surface area contributed by atoms with Gasteiger partial charge in [0.15, 0.2) is 17.2 Å². The van der Waals surface area contributed by atoms with Crippen LogP contribution >= 0.6 is 0 Å². The van der Waals surface area contributed by atoms with Crippen LogP contribution in [0.1, 0.15) is 119 Å². The van der Waals surface area contributed by atoms with Gasteiger partial charge in [-0.05, 0) is 57.8 Å². The van der Waals surface area contributed by atoms with Crippen molar-refractivity contribution in [3.8, 4) is 0 Å². The van der Waals surface area contributed by atoms with Crippen molar-refractivity contribution in [3.05, 3.63) is 11.1 Å². The van der Waals surface area contributed by atoms with Gasteiger partial charge in [-0.25, -0.2) is 0 Å². The summed E-state index contributed by atoms with van der Waals surface area (Å²) in [6.45, 7) is 15.0. The molecule has 0 amide bonds. The molecule has 0 N–H and O–H groups in total. The van der Waals surface area contributed by atoms with Crippen LogP contribution in [-0.2, 0) is 14.3 Å². The third-order valence-corrected chi connectivity index (χ3v) is 7.68. The minimum atomic E-state index is -1.19. The predicted molar refractivity (Wildman–Crippen MR) is 125 cm³/mol. The normalized spacial score (nSPS) is 25.7. The Labute approximate surface area is 185 Å². The van der Waals surface area contributed by atoms with Crippen molar-refractivity contribution in [1.82, 2.24) is 0 Å². The molecule has 0 aromatic carbocycles. The van der Waals surface area contributed by atoms with E-state index in [1.165, 1.54) is 44.9 Å². The van der Waals surface area contributed by atoms with Gasteiger partial charge in [-0.3, -0.25) is 9.59 Å². The van der Waals surface area contributed by atoms with Gasteiger partial charge in [-0.15, -0.1) is 0 Å². The van der Waals surface area contributed by atoms with E-state index in [1.54, 1.807) is 13.8 Å². The maximum absolute atomic E-state index is 12.7. The van der Waals surface area contributed by atoms with Crippen molar-refractivity contribution in [2.24, 2.45) is 17.8 Å². The van der Waals surface area contributed by atoms with E-state index >= 15 is 0 Å². The van der Waals surface area contributed by atoms with Gasteiger partial charge >= 0.3 is 0 Å². The Morgan fingerprint density at radius 1 is 0.767 bits per heavy atom. The standard InChI is InChI=1S/C27H46O3/c1-19(2)11-8-12-20(3)13-9-14-21(4)15-10-16-26(7)17-18-27(30-26)24(28)22(5)23(6)25(27)29/h19-21H,8-18H2,1-7H3/t20-,21-,26-/m1/s1. The summed E-state index contributed by atoms with van der Waals surface area (Å²) in [7, 11) is 0. The summed E-state index contributed by atoms with van der Waals surface area (Å²) in [6, 6.07) is 0. The number of rotatable bonds is 12. The lowest BCUT2D eigenvalue weighted by molar-refractivity contribution is -0.157. The molecule has 0 saturated carbocycles. The molecule has 0 unspecified atom stereocenters. The van der Waals surface area contributed by atoms with E-state index in [0.717, 1.165) is 37.0 Å². The lowest BCUT2D eigenvalue weighted by atomic mass is 9.88. The van der Waals surface area contributed by atoms with Crippen LogP contribution < -0.4 is 0 Å². The molecule has 2 rings (SSSR count). The molecule has 0 aromatic heterocycles. The number of ketones is 2. The molecule has 1 aliphatic carbocycles. The summed E-state index contributed by atoms with van der Waals surface area (Å²) in [5, 5.41) is 0. The van der Waals surface area contributed by atoms with E-state index in [2.05, 4.69) is 34.6 Å². The second kappa shape index (κ2) is 10.6. The van der Waals surface area contributed by atoms with Gasteiger partial charge in [-0.1, -0.05) is 79.1 Å². The lowest BCUT2D eigenvalue weighted by Gasteiger charge is -2.29. The van der Waals surface area contributed by atoms with Crippen LogP contribution in [0.3, 0.4) is 0 Å². The summed E-state index contributed by atoms with van der Waals surface area (Å²) in [5.74, 6) is 2.22. The van der Waals surface area contributed by atoms with Gasteiger partial charge in [0.25, 0.3) is 0 Å². The van der Waals surface area contributed by atoms with Crippen molar-refractivity contribution in [2.45, 2.75) is 130 Å². The van der Waals surface area contributed by atoms with Gasteiger partial charge in [0, 0.05) is 11.1 Å². The Kier molecular flexibility index (Phi) is 8.92. The molecule has 1 aliphatic heterocycles. The molecule has 3 heteroatoms. The first-order chi connectivity index (χ1) is 14.0. The molecular formula is C27H46O3. The van der Waals surface area contributed by atoms with Crippen molar-refractivity contribution < 1.29 is 14.3 Å². The topological polar surface area (TPSA) is 43.4 Å². The number of ether oxygens (including phenoxy) is 1. The lowest BCUT2D eigenvalue weighted by Crippen LogP contribution is -2.44. The molecule has 1 saturated heterocycles. The fraction of sp³-hybridized carbons (Fsp3) is 0.852. The Morgan fingerprint density at radius 2 is 1.23 bits per heavy atom. The number of Topliss-reactive ketones (excluding diaryl/α,β-unsaturated/α-hetero) is 2. The van der Waals surface area contributed by atoms with Crippen LogP contribution in [0.25, 0.3) is 0 Å². The molecule has 3 nitrogen and oxygen atoms in total. The van der Waals surface area contributed by atoms with Gasteiger partial charge < -0.3 is 4.74 Å². The number of hydrogen-bond acceptors (Lipinski definition) is 3. The van der Waals surface area contributed by atoms with E-state index in [9.17, 15) is 9.59 Å².